The normalized spacial score (nSPS) is 15.2. The highest BCUT2D eigenvalue weighted by atomic mass is 35.5. The number of hydrogen-bond donors (Lipinski definition) is 1. The number of nitro benzene ring substituents is 1. The van der Waals surface area contributed by atoms with E-state index in [9.17, 15) is 10.1 Å². The first kappa shape index (κ1) is 17.5. The molecule has 1 aliphatic carbocycles. The van der Waals surface area contributed by atoms with Crippen LogP contribution in [0, 0.1) is 10.1 Å². The van der Waals surface area contributed by atoms with E-state index in [0.29, 0.717) is 17.4 Å². The van der Waals surface area contributed by atoms with Gasteiger partial charge in [0.05, 0.1) is 10.5 Å². The fraction of sp³-hybridized carbons (Fsp3) is 0.267. The molecular weight excluding hydrogens is 366 g/mol. The number of hydrogen-bond acceptors (Lipinski definition) is 8. The number of benzene rings is 1. The minimum absolute atomic E-state index is 0. The van der Waals surface area contributed by atoms with Gasteiger partial charge in [-0.25, -0.2) is 4.98 Å². The Morgan fingerprint density at radius 2 is 1.96 bits per heavy atom. The number of aromatic nitrogens is 3. The molecule has 0 bridgehead atoms. The largest absolute Gasteiger partial charge is 0.332 e. The fourth-order valence-corrected chi connectivity index (χ4v) is 3.34. The molecule has 1 saturated carbocycles. The van der Waals surface area contributed by atoms with Crippen LogP contribution in [0.15, 0.2) is 34.2 Å². The molecular formula is C15H14ClN5O3S. The van der Waals surface area contributed by atoms with Gasteiger partial charge in [0.2, 0.25) is 0 Å². The third-order valence-electron chi connectivity index (χ3n) is 4.17. The van der Waals surface area contributed by atoms with Crippen LogP contribution in [0.2, 0.25) is 0 Å². The molecule has 2 heterocycles. The zero-order valence-corrected chi connectivity index (χ0v) is 14.5. The standard InChI is InChI=1S/C15H13N5O3S.ClH/c16-15(6-1-7-15)14-18-12(23-19-14)11-8-24-13(17-11)9-2-4-10(5-3-9)20(21)22;/h2-5,8H,1,6-7,16H2;1H. The van der Waals surface area contributed by atoms with Crippen LogP contribution in [0.5, 0.6) is 0 Å². The summed E-state index contributed by atoms with van der Waals surface area (Å²) in [6.07, 6.45) is 2.79. The van der Waals surface area contributed by atoms with Crippen LogP contribution < -0.4 is 5.73 Å². The molecule has 0 unspecified atom stereocenters. The molecule has 0 radical (unpaired) electrons. The Bertz CT molecular complexity index is 904. The summed E-state index contributed by atoms with van der Waals surface area (Å²) in [5.41, 5.74) is 7.14. The van der Waals surface area contributed by atoms with E-state index in [0.717, 1.165) is 29.8 Å². The summed E-state index contributed by atoms with van der Waals surface area (Å²) < 4.78 is 5.29. The first-order valence-corrected chi connectivity index (χ1v) is 8.27. The molecule has 0 spiro atoms. The van der Waals surface area contributed by atoms with Crippen LogP contribution in [0.4, 0.5) is 5.69 Å². The lowest BCUT2D eigenvalue weighted by molar-refractivity contribution is -0.384. The summed E-state index contributed by atoms with van der Waals surface area (Å²) in [6.45, 7) is 0. The van der Waals surface area contributed by atoms with Crippen LogP contribution >= 0.6 is 23.7 Å². The van der Waals surface area contributed by atoms with Crippen molar-refractivity contribution >= 4 is 29.4 Å². The van der Waals surface area contributed by atoms with Gasteiger partial charge in [-0.1, -0.05) is 5.16 Å². The number of nitrogens with two attached hydrogens (primary N) is 1. The molecule has 130 valence electrons. The summed E-state index contributed by atoms with van der Waals surface area (Å²) >= 11 is 1.41. The molecule has 2 aromatic heterocycles. The second-order valence-electron chi connectivity index (χ2n) is 5.77. The Labute approximate surface area is 152 Å². The van der Waals surface area contributed by atoms with Gasteiger partial charge in [-0.3, -0.25) is 10.1 Å². The number of halogens is 1. The average molecular weight is 380 g/mol. The molecule has 10 heteroatoms. The highest BCUT2D eigenvalue weighted by Crippen LogP contribution is 2.38. The maximum atomic E-state index is 10.7. The molecule has 1 fully saturated rings. The lowest BCUT2D eigenvalue weighted by Gasteiger charge is -2.34. The highest BCUT2D eigenvalue weighted by Gasteiger charge is 2.39. The summed E-state index contributed by atoms with van der Waals surface area (Å²) in [5.74, 6) is 0.861. The first-order chi connectivity index (χ1) is 11.5. The highest BCUT2D eigenvalue weighted by molar-refractivity contribution is 7.13. The molecule has 8 nitrogen and oxygen atoms in total. The summed E-state index contributed by atoms with van der Waals surface area (Å²) in [5, 5.41) is 17.2. The second kappa shape index (κ2) is 6.51. The molecule has 0 atom stereocenters. The average Bonchev–Trinajstić information content (AvgIpc) is 3.22. The number of rotatable bonds is 4. The van der Waals surface area contributed by atoms with Gasteiger partial charge in [0.15, 0.2) is 5.82 Å². The van der Waals surface area contributed by atoms with Crippen LogP contribution in [-0.2, 0) is 5.54 Å². The quantitative estimate of drug-likeness (QED) is 0.543. The van der Waals surface area contributed by atoms with Gasteiger partial charge in [-0.05, 0) is 31.4 Å². The molecule has 1 aromatic carbocycles. The van der Waals surface area contributed by atoms with Gasteiger partial charge in [0, 0.05) is 23.1 Å². The Morgan fingerprint density at radius 1 is 1.24 bits per heavy atom. The molecule has 25 heavy (non-hydrogen) atoms. The number of non-ortho nitro benzene ring substituents is 1. The number of nitrogens with zero attached hydrogens (tertiary/aromatic N) is 4. The lowest BCUT2D eigenvalue weighted by atomic mass is 9.77. The number of thiazole rings is 1. The molecule has 0 saturated heterocycles. The number of nitro groups is 1. The SMILES string of the molecule is Cl.NC1(c2noc(-c3csc(-c4ccc([N+](=O)[O-])cc4)n3)n2)CCC1. The van der Waals surface area contributed by atoms with Gasteiger partial charge >= 0.3 is 0 Å². The van der Waals surface area contributed by atoms with Crippen LogP contribution in [0.1, 0.15) is 25.1 Å². The summed E-state index contributed by atoms with van der Waals surface area (Å²) in [6, 6.07) is 6.25. The zero-order chi connectivity index (χ0) is 16.7. The third kappa shape index (κ3) is 3.13. The van der Waals surface area contributed by atoms with E-state index in [-0.39, 0.29) is 18.1 Å². The minimum atomic E-state index is -0.473. The maximum Gasteiger partial charge on any atom is 0.277 e. The van der Waals surface area contributed by atoms with Crippen LogP contribution in [0.3, 0.4) is 0 Å². The topological polar surface area (TPSA) is 121 Å². The van der Waals surface area contributed by atoms with Gasteiger partial charge in [0.1, 0.15) is 10.7 Å². The van der Waals surface area contributed by atoms with Crippen molar-refractivity contribution in [1.29, 1.82) is 0 Å². The predicted molar refractivity (Wildman–Crippen MR) is 94.5 cm³/mol. The van der Waals surface area contributed by atoms with Crippen molar-refractivity contribution < 1.29 is 9.45 Å². The molecule has 1 aliphatic rings. The Kier molecular flexibility index (Phi) is 4.55. The summed E-state index contributed by atoms with van der Waals surface area (Å²) in [4.78, 5) is 19.1. The monoisotopic (exact) mass is 379 g/mol. The van der Waals surface area contributed by atoms with Gasteiger partial charge in [0.25, 0.3) is 11.6 Å². The second-order valence-corrected chi connectivity index (χ2v) is 6.63. The van der Waals surface area contributed by atoms with Crippen LogP contribution in [-0.4, -0.2) is 20.0 Å². The Morgan fingerprint density at radius 3 is 2.56 bits per heavy atom. The smallest absolute Gasteiger partial charge is 0.277 e. The van der Waals surface area contributed by atoms with E-state index in [2.05, 4.69) is 15.1 Å². The Balaban J connectivity index is 0.00000182. The molecule has 3 aromatic rings. The van der Waals surface area contributed by atoms with Crippen molar-refractivity contribution in [3.8, 4) is 22.2 Å². The molecule has 2 N–H and O–H groups in total. The van der Waals surface area contributed by atoms with E-state index >= 15 is 0 Å². The van der Waals surface area contributed by atoms with Crippen molar-refractivity contribution in [1.82, 2.24) is 15.1 Å². The lowest BCUT2D eigenvalue weighted by Crippen LogP contribution is -2.44. The van der Waals surface area contributed by atoms with Crippen molar-refractivity contribution in [2.75, 3.05) is 0 Å². The van der Waals surface area contributed by atoms with E-state index < -0.39 is 10.5 Å². The minimum Gasteiger partial charge on any atom is -0.332 e. The Hall–Kier alpha value is -2.36. The molecule has 4 rings (SSSR count). The van der Waals surface area contributed by atoms with Crippen molar-refractivity contribution in [3.05, 3.63) is 45.6 Å². The molecule has 0 amide bonds. The van der Waals surface area contributed by atoms with Crippen LogP contribution in [0.25, 0.3) is 22.2 Å². The third-order valence-corrected chi connectivity index (χ3v) is 5.06. The van der Waals surface area contributed by atoms with Crippen molar-refractivity contribution in [2.24, 2.45) is 5.73 Å². The van der Waals surface area contributed by atoms with Gasteiger partial charge < -0.3 is 10.3 Å². The van der Waals surface area contributed by atoms with E-state index in [4.69, 9.17) is 10.3 Å². The maximum absolute atomic E-state index is 10.7. The van der Waals surface area contributed by atoms with E-state index in [1.807, 2.05) is 5.38 Å². The first-order valence-electron chi connectivity index (χ1n) is 7.39. The van der Waals surface area contributed by atoms with E-state index in [1.54, 1.807) is 12.1 Å². The summed E-state index contributed by atoms with van der Waals surface area (Å²) in [7, 11) is 0. The molecule has 0 aliphatic heterocycles. The fourth-order valence-electron chi connectivity index (χ4n) is 2.54. The van der Waals surface area contributed by atoms with Crippen molar-refractivity contribution in [3.63, 3.8) is 0 Å². The zero-order valence-electron chi connectivity index (χ0n) is 12.9. The van der Waals surface area contributed by atoms with E-state index in [1.165, 1.54) is 23.5 Å². The van der Waals surface area contributed by atoms with Gasteiger partial charge in [-0.2, -0.15) is 4.98 Å². The predicted octanol–water partition coefficient (Wildman–Crippen LogP) is 3.53. The van der Waals surface area contributed by atoms with Gasteiger partial charge in [-0.15, -0.1) is 23.7 Å². The van der Waals surface area contributed by atoms with Crippen molar-refractivity contribution in [2.45, 2.75) is 24.8 Å².